The number of hydrogen-bond donors (Lipinski definition) is 2. The maximum Gasteiger partial charge on any atom is 0.149 e. The van der Waals surface area contributed by atoms with E-state index in [1.54, 1.807) is 17.4 Å². The van der Waals surface area contributed by atoms with Crippen LogP contribution in [0.3, 0.4) is 0 Å². The van der Waals surface area contributed by atoms with Crippen LogP contribution in [0.5, 0.6) is 0 Å². The second-order valence-electron chi connectivity index (χ2n) is 3.57. The number of thiophene rings is 1. The molecule has 2 aromatic heterocycles. The van der Waals surface area contributed by atoms with Crippen LogP contribution in [-0.2, 0) is 0 Å². The molecule has 3 N–H and O–H groups in total. The number of nitrogens with zero attached hydrogens (tertiary/aromatic N) is 1. The number of hydrogen-bond acceptors (Lipinski definition) is 3. The largest absolute Gasteiger partial charge is 0.397 e. The van der Waals surface area contributed by atoms with Crippen molar-refractivity contribution in [3.63, 3.8) is 0 Å². The van der Waals surface area contributed by atoms with Gasteiger partial charge in [-0.05, 0) is 39.5 Å². The van der Waals surface area contributed by atoms with Crippen molar-refractivity contribution in [1.29, 1.82) is 0 Å². The molecule has 0 spiro atoms. The Hall–Kier alpha value is -1.04. The minimum absolute atomic E-state index is 0.586. The van der Waals surface area contributed by atoms with Crippen molar-refractivity contribution in [2.75, 3.05) is 5.73 Å². The van der Waals surface area contributed by atoms with Crippen molar-refractivity contribution in [2.45, 2.75) is 0 Å². The smallest absolute Gasteiger partial charge is 0.149 e. The zero-order valence-corrected chi connectivity index (χ0v) is 11.7. The van der Waals surface area contributed by atoms with Gasteiger partial charge in [-0.2, -0.15) is 0 Å². The number of H-pyrrole nitrogens is 1. The molecular formula is C11H7BrClN3S. The van der Waals surface area contributed by atoms with Crippen molar-refractivity contribution in [1.82, 2.24) is 9.97 Å². The second-order valence-corrected chi connectivity index (χ2v) is 5.78. The van der Waals surface area contributed by atoms with Crippen molar-refractivity contribution >= 4 is 55.6 Å². The Labute approximate surface area is 115 Å². The van der Waals surface area contributed by atoms with Crippen LogP contribution >= 0.6 is 38.9 Å². The third-order valence-electron chi connectivity index (χ3n) is 2.41. The van der Waals surface area contributed by atoms with E-state index in [1.165, 1.54) is 0 Å². The molecule has 0 unspecified atom stereocenters. The molecule has 0 aliphatic carbocycles. The predicted octanol–water partition coefficient (Wildman–Crippen LogP) is 4.29. The molecule has 0 aliphatic rings. The van der Waals surface area contributed by atoms with Gasteiger partial charge in [0.05, 0.1) is 16.1 Å². The molecular weight excluding hydrogens is 322 g/mol. The number of anilines is 1. The standard InChI is InChI=1S/C11H7BrClN3S/c12-6-1-2-17-10(6)11-15-8-4-5(13)3-7(14)9(8)16-11/h1-4H,14H2,(H,15,16). The zero-order chi connectivity index (χ0) is 12.0. The molecule has 0 amide bonds. The van der Waals surface area contributed by atoms with Crippen LogP contribution in [0.1, 0.15) is 0 Å². The molecule has 3 aromatic rings. The highest BCUT2D eigenvalue weighted by Crippen LogP contribution is 2.34. The lowest BCUT2D eigenvalue weighted by atomic mass is 10.3. The summed E-state index contributed by atoms with van der Waals surface area (Å²) >= 11 is 11.1. The molecule has 1 aromatic carbocycles. The minimum atomic E-state index is 0.586. The lowest BCUT2D eigenvalue weighted by Crippen LogP contribution is -1.86. The van der Waals surface area contributed by atoms with Gasteiger partial charge in [-0.1, -0.05) is 11.6 Å². The maximum atomic E-state index is 5.95. The fraction of sp³-hybridized carbons (Fsp3) is 0. The number of nitrogen functional groups attached to an aromatic ring is 1. The topological polar surface area (TPSA) is 54.7 Å². The summed E-state index contributed by atoms with van der Waals surface area (Å²) in [5.41, 5.74) is 8.08. The normalized spacial score (nSPS) is 11.2. The lowest BCUT2D eigenvalue weighted by Gasteiger charge is -1.94. The summed E-state index contributed by atoms with van der Waals surface area (Å²) < 4.78 is 1.02. The summed E-state index contributed by atoms with van der Waals surface area (Å²) in [6.45, 7) is 0. The second kappa shape index (κ2) is 4.01. The van der Waals surface area contributed by atoms with Gasteiger partial charge in [0.1, 0.15) is 11.3 Å². The molecule has 3 nitrogen and oxygen atoms in total. The van der Waals surface area contributed by atoms with Crippen molar-refractivity contribution in [3.8, 4) is 10.7 Å². The Bertz CT molecular complexity index is 704. The monoisotopic (exact) mass is 327 g/mol. The first-order chi connectivity index (χ1) is 8.15. The predicted molar refractivity (Wildman–Crippen MR) is 76.5 cm³/mol. The average molecular weight is 329 g/mol. The highest BCUT2D eigenvalue weighted by atomic mass is 79.9. The minimum Gasteiger partial charge on any atom is -0.397 e. The first kappa shape index (κ1) is 11.1. The summed E-state index contributed by atoms with van der Waals surface area (Å²) in [6, 6.07) is 5.52. The summed E-state index contributed by atoms with van der Waals surface area (Å²) in [4.78, 5) is 8.78. The van der Waals surface area contributed by atoms with Gasteiger partial charge >= 0.3 is 0 Å². The van der Waals surface area contributed by atoms with E-state index in [-0.39, 0.29) is 0 Å². The summed E-state index contributed by atoms with van der Waals surface area (Å²) in [7, 11) is 0. The highest BCUT2D eigenvalue weighted by Gasteiger charge is 2.12. The van der Waals surface area contributed by atoms with Crippen LogP contribution in [0.15, 0.2) is 28.1 Å². The molecule has 0 aliphatic heterocycles. The number of aromatic amines is 1. The van der Waals surface area contributed by atoms with E-state index in [4.69, 9.17) is 17.3 Å². The lowest BCUT2D eigenvalue weighted by molar-refractivity contribution is 1.35. The summed E-state index contributed by atoms with van der Waals surface area (Å²) in [5, 5.41) is 2.61. The number of imidazole rings is 1. The third kappa shape index (κ3) is 1.84. The van der Waals surface area contributed by atoms with E-state index in [9.17, 15) is 0 Å². The molecule has 17 heavy (non-hydrogen) atoms. The van der Waals surface area contributed by atoms with E-state index < -0.39 is 0 Å². The van der Waals surface area contributed by atoms with Crippen molar-refractivity contribution < 1.29 is 0 Å². The fourth-order valence-corrected chi connectivity index (χ4v) is 3.41. The first-order valence-electron chi connectivity index (χ1n) is 4.83. The van der Waals surface area contributed by atoms with Crippen LogP contribution in [0.25, 0.3) is 21.7 Å². The Morgan fingerprint density at radius 1 is 1.41 bits per heavy atom. The van der Waals surface area contributed by atoms with Crippen LogP contribution in [-0.4, -0.2) is 9.97 Å². The molecule has 0 atom stereocenters. The third-order valence-corrected chi connectivity index (χ3v) is 4.48. The van der Waals surface area contributed by atoms with E-state index in [2.05, 4.69) is 25.9 Å². The Morgan fingerprint density at radius 3 is 2.94 bits per heavy atom. The van der Waals surface area contributed by atoms with Gasteiger partial charge in [-0.3, -0.25) is 0 Å². The average Bonchev–Trinajstić information content (AvgIpc) is 2.83. The maximum absolute atomic E-state index is 5.95. The van der Waals surface area contributed by atoms with E-state index in [0.717, 1.165) is 26.2 Å². The van der Waals surface area contributed by atoms with Crippen LogP contribution in [0.2, 0.25) is 5.02 Å². The van der Waals surface area contributed by atoms with Gasteiger partial charge < -0.3 is 10.7 Å². The Kier molecular flexibility index (Phi) is 2.61. The number of aromatic nitrogens is 2. The molecule has 6 heteroatoms. The Balaban J connectivity index is 2.27. The van der Waals surface area contributed by atoms with Crippen molar-refractivity contribution in [2.24, 2.45) is 0 Å². The molecule has 0 radical (unpaired) electrons. The van der Waals surface area contributed by atoms with Gasteiger partial charge in [0.2, 0.25) is 0 Å². The molecule has 0 bridgehead atoms. The molecule has 0 saturated heterocycles. The zero-order valence-electron chi connectivity index (χ0n) is 8.50. The Morgan fingerprint density at radius 2 is 2.24 bits per heavy atom. The number of nitrogens with one attached hydrogen (secondary N) is 1. The van der Waals surface area contributed by atoms with Gasteiger partial charge in [-0.25, -0.2) is 4.98 Å². The molecule has 0 fully saturated rings. The molecule has 2 heterocycles. The van der Waals surface area contributed by atoms with Gasteiger partial charge in [0.25, 0.3) is 0 Å². The van der Waals surface area contributed by atoms with Crippen LogP contribution in [0.4, 0.5) is 5.69 Å². The number of benzene rings is 1. The van der Waals surface area contributed by atoms with E-state index >= 15 is 0 Å². The van der Waals surface area contributed by atoms with E-state index in [1.807, 2.05) is 17.5 Å². The number of halogens is 2. The van der Waals surface area contributed by atoms with Crippen LogP contribution in [0, 0.1) is 0 Å². The van der Waals surface area contributed by atoms with Crippen LogP contribution < -0.4 is 5.73 Å². The van der Waals surface area contributed by atoms with E-state index in [0.29, 0.717) is 10.7 Å². The number of rotatable bonds is 1. The molecule has 0 saturated carbocycles. The highest BCUT2D eigenvalue weighted by molar-refractivity contribution is 9.10. The van der Waals surface area contributed by atoms with Gasteiger partial charge in [0.15, 0.2) is 0 Å². The summed E-state index contributed by atoms with van der Waals surface area (Å²) in [6.07, 6.45) is 0. The van der Waals surface area contributed by atoms with Crippen molar-refractivity contribution in [3.05, 3.63) is 33.1 Å². The fourth-order valence-electron chi connectivity index (χ4n) is 1.68. The van der Waals surface area contributed by atoms with Gasteiger partial charge in [0, 0.05) is 9.50 Å². The molecule has 86 valence electrons. The SMILES string of the molecule is Nc1cc(Cl)cc2[nH]c(-c3sccc3Br)nc12. The number of fused-ring (bicyclic) bond motifs is 1. The quantitative estimate of drug-likeness (QED) is 0.655. The van der Waals surface area contributed by atoms with Gasteiger partial charge in [-0.15, -0.1) is 11.3 Å². The number of nitrogens with two attached hydrogens (primary N) is 1. The summed E-state index contributed by atoms with van der Waals surface area (Å²) in [5.74, 6) is 0.802. The first-order valence-corrected chi connectivity index (χ1v) is 6.88. The molecule has 3 rings (SSSR count).